The van der Waals surface area contributed by atoms with Crippen molar-refractivity contribution in [1.82, 2.24) is 0 Å². The standard InChI is InChI=1S/C17H21NO3S/c1-5-14-6-8-15(9-7-14)18(3)22(19,20)16-10-11-17(21-4)13(2)12-16/h6-12H,5H2,1-4H3. The largest absolute Gasteiger partial charge is 0.496 e. The Morgan fingerprint density at radius 2 is 1.73 bits per heavy atom. The van der Waals surface area contributed by atoms with Gasteiger partial charge in [0.2, 0.25) is 0 Å². The Morgan fingerprint density at radius 1 is 1.09 bits per heavy atom. The fourth-order valence-electron chi connectivity index (χ4n) is 2.25. The predicted molar refractivity (Wildman–Crippen MR) is 89.1 cm³/mol. The summed E-state index contributed by atoms with van der Waals surface area (Å²) in [6, 6.07) is 12.4. The molecule has 0 amide bonds. The molecule has 0 N–H and O–H groups in total. The van der Waals surface area contributed by atoms with Crippen LogP contribution in [0.25, 0.3) is 0 Å². The number of benzene rings is 2. The normalized spacial score (nSPS) is 11.3. The van der Waals surface area contributed by atoms with Gasteiger partial charge in [0.25, 0.3) is 10.0 Å². The molecule has 0 aliphatic heterocycles. The van der Waals surface area contributed by atoms with Crippen LogP contribution in [0, 0.1) is 6.92 Å². The molecule has 22 heavy (non-hydrogen) atoms. The van der Waals surface area contributed by atoms with E-state index < -0.39 is 10.0 Å². The van der Waals surface area contributed by atoms with Crippen LogP contribution in [0.3, 0.4) is 0 Å². The third-order valence-corrected chi connectivity index (χ3v) is 5.51. The van der Waals surface area contributed by atoms with Gasteiger partial charge in [0.1, 0.15) is 5.75 Å². The highest BCUT2D eigenvalue weighted by molar-refractivity contribution is 7.92. The quantitative estimate of drug-likeness (QED) is 0.848. The Morgan fingerprint density at radius 3 is 2.23 bits per heavy atom. The summed E-state index contributed by atoms with van der Waals surface area (Å²) in [6.45, 7) is 3.89. The van der Waals surface area contributed by atoms with Gasteiger partial charge < -0.3 is 4.74 Å². The van der Waals surface area contributed by atoms with E-state index in [1.165, 1.54) is 9.87 Å². The Bertz CT molecular complexity index is 752. The lowest BCUT2D eigenvalue weighted by Crippen LogP contribution is -2.26. The molecule has 0 radical (unpaired) electrons. The zero-order chi connectivity index (χ0) is 16.3. The molecule has 0 fully saturated rings. The Kier molecular flexibility index (Phi) is 4.76. The van der Waals surface area contributed by atoms with Crippen molar-refractivity contribution < 1.29 is 13.2 Å². The molecule has 2 aromatic rings. The average Bonchev–Trinajstić information content (AvgIpc) is 2.54. The van der Waals surface area contributed by atoms with Crippen LogP contribution >= 0.6 is 0 Å². The maximum Gasteiger partial charge on any atom is 0.264 e. The number of sulfonamides is 1. The second-order valence-electron chi connectivity index (χ2n) is 5.12. The minimum Gasteiger partial charge on any atom is -0.496 e. The van der Waals surface area contributed by atoms with E-state index in [9.17, 15) is 8.42 Å². The summed E-state index contributed by atoms with van der Waals surface area (Å²) in [5.74, 6) is 0.675. The number of ether oxygens (including phenoxy) is 1. The first-order valence-electron chi connectivity index (χ1n) is 7.12. The summed E-state index contributed by atoms with van der Waals surface area (Å²) in [5.41, 5.74) is 2.61. The van der Waals surface area contributed by atoms with Crippen molar-refractivity contribution in [3.05, 3.63) is 53.6 Å². The number of rotatable bonds is 5. The Labute approximate surface area is 132 Å². The highest BCUT2D eigenvalue weighted by atomic mass is 32.2. The third kappa shape index (κ3) is 3.09. The molecule has 0 heterocycles. The van der Waals surface area contributed by atoms with E-state index in [1.807, 2.05) is 31.2 Å². The zero-order valence-electron chi connectivity index (χ0n) is 13.3. The fourth-order valence-corrected chi connectivity index (χ4v) is 3.53. The van der Waals surface area contributed by atoms with Gasteiger partial charge in [-0.2, -0.15) is 0 Å². The number of nitrogens with zero attached hydrogens (tertiary/aromatic N) is 1. The summed E-state index contributed by atoms with van der Waals surface area (Å²) < 4.78 is 31.9. The van der Waals surface area contributed by atoms with E-state index in [0.717, 1.165) is 12.0 Å². The molecule has 0 saturated carbocycles. The number of hydrogen-bond donors (Lipinski definition) is 0. The van der Waals surface area contributed by atoms with E-state index >= 15 is 0 Å². The molecule has 4 nitrogen and oxygen atoms in total. The lowest BCUT2D eigenvalue weighted by molar-refractivity contribution is 0.411. The SMILES string of the molecule is CCc1ccc(N(C)S(=O)(=O)c2ccc(OC)c(C)c2)cc1. The maximum absolute atomic E-state index is 12.7. The van der Waals surface area contributed by atoms with Crippen molar-refractivity contribution >= 4 is 15.7 Å². The Balaban J connectivity index is 2.37. The van der Waals surface area contributed by atoms with E-state index in [4.69, 9.17) is 4.74 Å². The van der Waals surface area contributed by atoms with Crippen molar-refractivity contribution in [2.75, 3.05) is 18.5 Å². The summed E-state index contributed by atoms with van der Waals surface area (Å²) in [4.78, 5) is 0.257. The van der Waals surface area contributed by atoms with Crippen LogP contribution in [0.15, 0.2) is 47.4 Å². The van der Waals surface area contributed by atoms with E-state index in [2.05, 4.69) is 6.92 Å². The van der Waals surface area contributed by atoms with Gasteiger partial charge in [0.05, 0.1) is 17.7 Å². The second kappa shape index (κ2) is 6.40. The fraction of sp³-hybridized carbons (Fsp3) is 0.294. The van der Waals surface area contributed by atoms with Crippen LogP contribution < -0.4 is 9.04 Å². The van der Waals surface area contributed by atoms with Gasteiger partial charge in [-0.3, -0.25) is 4.31 Å². The van der Waals surface area contributed by atoms with Crippen molar-refractivity contribution in [1.29, 1.82) is 0 Å². The first-order chi connectivity index (χ1) is 10.4. The second-order valence-corrected chi connectivity index (χ2v) is 7.09. The first-order valence-corrected chi connectivity index (χ1v) is 8.56. The molecule has 118 valence electrons. The topological polar surface area (TPSA) is 46.6 Å². The molecule has 5 heteroatoms. The minimum atomic E-state index is -3.58. The molecule has 0 saturated heterocycles. The predicted octanol–water partition coefficient (Wildman–Crippen LogP) is 3.39. The van der Waals surface area contributed by atoms with E-state index in [0.29, 0.717) is 11.4 Å². The molecule has 2 rings (SSSR count). The van der Waals surface area contributed by atoms with Crippen LogP contribution in [-0.4, -0.2) is 22.6 Å². The van der Waals surface area contributed by atoms with Crippen molar-refractivity contribution in [2.24, 2.45) is 0 Å². The average molecular weight is 319 g/mol. The van der Waals surface area contributed by atoms with Crippen molar-refractivity contribution in [3.8, 4) is 5.75 Å². The smallest absolute Gasteiger partial charge is 0.264 e. The summed E-state index contributed by atoms with van der Waals surface area (Å²) in [6.07, 6.45) is 0.925. The molecule has 0 aliphatic carbocycles. The maximum atomic E-state index is 12.7. The van der Waals surface area contributed by atoms with Gasteiger partial charge >= 0.3 is 0 Å². The van der Waals surface area contributed by atoms with E-state index in [-0.39, 0.29) is 4.90 Å². The monoisotopic (exact) mass is 319 g/mol. The number of anilines is 1. The molecule has 0 unspecified atom stereocenters. The third-order valence-electron chi connectivity index (χ3n) is 3.73. The molecular weight excluding hydrogens is 298 g/mol. The molecule has 2 aromatic carbocycles. The van der Waals surface area contributed by atoms with Crippen LogP contribution in [0.4, 0.5) is 5.69 Å². The molecule has 0 atom stereocenters. The molecule has 0 aromatic heterocycles. The summed E-state index contributed by atoms with van der Waals surface area (Å²) in [5, 5.41) is 0. The zero-order valence-corrected chi connectivity index (χ0v) is 14.1. The Hall–Kier alpha value is -2.01. The highest BCUT2D eigenvalue weighted by Crippen LogP contribution is 2.26. The number of aryl methyl sites for hydroxylation is 2. The van der Waals surface area contributed by atoms with Crippen LogP contribution in [0.1, 0.15) is 18.1 Å². The van der Waals surface area contributed by atoms with Gasteiger partial charge in [0.15, 0.2) is 0 Å². The van der Waals surface area contributed by atoms with Gasteiger partial charge in [-0.25, -0.2) is 8.42 Å². The lowest BCUT2D eigenvalue weighted by Gasteiger charge is -2.20. The molecular formula is C17H21NO3S. The van der Waals surface area contributed by atoms with Gasteiger partial charge in [-0.1, -0.05) is 19.1 Å². The van der Waals surface area contributed by atoms with Gasteiger partial charge in [-0.05, 0) is 54.8 Å². The minimum absolute atomic E-state index is 0.257. The number of hydrogen-bond acceptors (Lipinski definition) is 3. The summed E-state index contributed by atoms with van der Waals surface area (Å²) in [7, 11) is -0.449. The van der Waals surface area contributed by atoms with Crippen LogP contribution in [0.2, 0.25) is 0 Å². The van der Waals surface area contributed by atoms with Gasteiger partial charge in [-0.15, -0.1) is 0 Å². The molecule has 0 bridgehead atoms. The van der Waals surface area contributed by atoms with Gasteiger partial charge in [0, 0.05) is 7.05 Å². The van der Waals surface area contributed by atoms with E-state index in [1.54, 1.807) is 32.4 Å². The first kappa shape index (κ1) is 16.4. The molecule has 0 spiro atoms. The molecule has 0 aliphatic rings. The van der Waals surface area contributed by atoms with Crippen molar-refractivity contribution in [3.63, 3.8) is 0 Å². The lowest BCUT2D eigenvalue weighted by atomic mass is 10.1. The van der Waals surface area contributed by atoms with Crippen LogP contribution in [0.5, 0.6) is 5.75 Å². The number of methoxy groups -OCH3 is 1. The highest BCUT2D eigenvalue weighted by Gasteiger charge is 2.22. The van der Waals surface area contributed by atoms with Crippen molar-refractivity contribution in [2.45, 2.75) is 25.2 Å². The van der Waals surface area contributed by atoms with Crippen LogP contribution in [-0.2, 0) is 16.4 Å². The summed E-state index contributed by atoms with van der Waals surface area (Å²) >= 11 is 0.